The zero-order valence-electron chi connectivity index (χ0n) is 7.34. The van der Waals surface area contributed by atoms with E-state index >= 15 is 0 Å². The summed E-state index contributed by atoms with van der Waals surface area (Å²) in [7, 11) is 1.19. The first-order chi connectivity index (χ1) is 6.73. The van der Waals surface area contributed by atoms with Gasteiger partial charge in [-0.05, 0) is 35.6 Å². The van der Waals surface area contributed by atoms with Crippen molar-refractivity contribution in [2.75, 3.05) is 0 Å². The average molecular weight is 368 g/mol. The lowest BCUT2D eigenvalue weighted by molar-refractivity contribution is 0.145. The molecule has 1 aromatic heterocycles. The molecule has 0 fully saturated rings. The van der Waals surface area contributed by atoms with Gasteiger partial charge in [-0.3, -0.25) is 4.98 Å². The summed E-state index contributed by atoms with van der Waals surface area (Å²) in [4.78, 5) is 3.27. The number of aromatic nitrogens is 1. The summed E-state index contributed by atoms with van der Waals surface area (Å²) >= 11 is 1.63. The normalized spacial score (nSPS) is 12.1. The molecule has 0 unspecified atom stereocenters. The Bertz CT molecular complexity index is 469. The lowest BCUT2D eigenvalue weighted by atomic mass is 10.3. The number of hydrogen-bond donors (Lipinski definition) is 0. The van der Waals surface area contributed by atoms with E-state index in [1.54, 1.807) is 22.6 Å². The molecule has 15 heavy (non-hydrogen) atoms. The minimum atomic E-state index is -3.95. The van der Waals surface area contributed by atoms with Crippen LogP contribution in [-0.2, 0) is 9.05 Å². The molecule has 0 aliphatic carbocycles. The van der Waals surface area contributed by atoms with E-state index in [-0.39, 0.29) is 14.2 Å². The third-order valence-corrected chi connectivity index (χ3v) is 4.27. The number of pyridine rings is 1. The van der Waals surface area contributed by atoms with Gasteiger partial charge in [0.2, 0.25) is 0 Å². The zero-order valence-corrected chi connectivity index (χ0v) is 11.1. The van der Waals surface area contributed by atoms with Crippen molar-refractivity contribution in [3.8, 4) is 0 Å². The van der Waals surface area contributed by atoms with Gasteiger partial charge in [0.25, 0.3) is 15.5 Å². The van der Waals surface area contributed by atoms with E-state index in [1.807, 2.05) is 0 Å². The van der Waals surface area contributed by atoms with Crippen LogP contribution in [0.2, 0.25) is 0 Å². The second-order valence-corrected chi connectivity index (χ2v) is 6.35. The van der Waals surface area contributed by atoms with Crippen molar-refractivity contribution in [3.63, 3.8) is 0 Å². The minimum Gasteiger partial charge on any atom is -0.251 e. The maximum Gasteiger partial charge on any atom is 0.280 e. The highest BCUT2D eigenvalue weighted by Gasteiger charge is 2.21. The van der Waals surface area contributed by atoms with Gasteiger partial charge in [-0.2, -0.15) is 0 Å². The van der Waals surface area contributed by atoms with Crippen LogP contribution in [0, 0.1) is 10.5 Å². The monoisotopic (exact) mass is 367 g/mol. The second-order valence-electron chi connectivity index (χ2n) is 2.68. The lowest BCUT2D eigenvalue weighted by Crippen LogP contribution is -2.04. The molecule has 0 bridgehead atoms. The summed E-state index contributed by atoms with van der Waals surface area (Å²) in [5.74, 6) is 0. The van der Waals surface area contributed by atoms with Crippen molar-refractivity contribution in [1.29, 1.82) is 0 Å². The molecule has 0 N–H and O–H groups in total. The van der Waals surface area contributed by atoms with Gasteiger partial charge < -0.3 is 0 Å². The zero-order chi connectivity index (χ0) is 11.8. The fourth-order valence-electron chi connectivity index (χ4n) is 1.05. The first-order valence-electron chi connectivity index (χ1n) is 3.63. The van der Waals surface area contributed by atoms with Crippen molar-refractivity contribution in [3.05, 3.63) is 21.0 Å². The third-order valence-electron chi connectivity index (χ3n) is 1.58. The molecule has 0 amide bonds. The number of aryl methyl sites for hydroxylation is 1. The molecule has 8 heteroatoms. The topological polar surface area (TPSA) is 47.0 Å². The highest BCUT2D eigenvalue weighted by atomic mass is 127. The Kier molecular flexibility index (Phi) is 3.88. The van der Waals surface area contributed by atoms with E-state index in [4.69, 9.17) is 10.7 Å². The van der Waals surface area contributed by atoms with Crippen LogP contribution >= 0.6 is 33.3 Å². The Morgan fingerprint density at radius 3 is 2.40 bits per heavy atom. The highest BCUT2D eigenvalue weighted by Crippen LogP contribution is 2.28. The number of alkyl halides is 2. The molecule has 0 spiro atoms. The molecule has 0 aliphatic rings. The van der Waals surface area contributed by atoms with E-state index < -0.39 is 21.2 Å². The average Bonchev–Trinajstić information content (AvgIpc) is 1.99. The number of nitrogens with zero attached hydrogens (tertiary/aromatic N) is 1. The summed E-state index contributed by atoms with van der Waals surface area (Å²) < 4.78 is 46.9. The second kappa shape index (κ2) is 4.46. The van der Waals surface area contributed by atoms with Gasteiger partial charge in [-0.25, -0.2) is 17.2 Å². The third kappa shape index (κ3) is 2.97. The molecule has 0 atom stereocenters. The lowest BCUT2D eigenvalue weighted by Gasteiger charge is -2.07. The molecule has 84 valence electrons. The predicted molar refractivity (Wildman–Crippen MR) is 59.7 cm³/mol. The number of halogens is 4. The molecule has 1 aromatic rings. The summed E-state index contributed by atoms with van der Waals surface area (Å²) in [6, 6.07) is 1.01. The van der Waals surface area contributed by atoms with Gasteiger partial charge in [-0.1, -0.05) is 0 Å². The standard InChI is InChI=1S/C7H5ClF2INO2S/c1-3-6(15(8,13)14)4(11)2-5(12-3)7(9)10/h2,7H,1H3. The minimum absolute atomic E-state index is 0.0211. The van der Waals surface area contributed by atoms with Gasteiger partial charge in [-0.15, -0.1) is 0 Å². The molecular formula is C7H5ClF2INO2S. The summed E-state index contributed by atoms with van der Waals surface area (Å²) in [6.07, 6.45) is -2.73. The largest absolute Gasteiger partial charge is 0.280 e. The van der Waals surface area contributed by atoms with E-state index in [9.17, 15) is 17.2 Å². The van der Waals surface area contributed by atoms with Crippen LogP contribution < -0.4 is 0 Å². The first kappa shape index (κ1) is 13.0. The maximum atomic E-state index is 12.3. The Labute approximate surface area is 103 Å². The number of rotatable bonds is 2. The van der Waals surface area contributed by atoms with Crippen LogP contribution in [0.4, 0.5) is 8.78 Å². The van der Waals surface area contributed by atoms with E-state index in [0.717, 1.165) is 6.07 Å². The van der Waals surface area contributed by atoms with Gasteiger partial charge in [0.1, 0.15) is 10.6 Å². The van der Waals surface area contributed by atoms with Crippen LogP contribution in [0.3, 0.4) is 0 Å². The van der Waals surface area contributed by atoms with Crippen LogP contribution in [-0.4, -0.2) is 13.4 Å². The van der Waals surface area contributed by atoms with E-state index in [1.165, 1.54) is 6.92 Å². The molecule has 1 heterocycles. The van der Waals surface area contributed by atoms with Crippen molar-refractivity contribution < 1.29 is 17.2 Å². The SMILES string of the molecule is Cc1nc(C(F)F)cc(I)c1S(=O)(=O)Cl. The quantitative estimate of drug-likeness (QED) is 0.596. The van der Waals surface area contributed by atoms with Crippen molar-refractivity contribution in [1.82, 2.24) is 4.98 Å². The number of hydrogen-bond acceptors (Lipinski definition) is 3. The van der Waals surface area contributed by atoms with Crippen LogP contribution in [0.1, 0.15) is 17.8 Å². The van der Waals surface area contributed by atoms with Crippen LogP contribution in [0.5, 0.6) is 0 Å². The fraction of sp³-hybridized carbons (Fsp3) is 0.286. The molecular weight excluding hydrogens is 363 g/mol. The Morgan fingerprint density at radius 2 is 2.07 bits per heavy atom. The molecule has 0 saturated heterocycles. The summed E-state index contributed by atoms with van der Waals surface area (Å²) in [6.45, 7) is 1.32. The molecule has 0 saturated carbocycles. The Morgan fingerprint density at radius 1 is 1.53 bits per heavy atom. The summed E-state index contributed by atoms with van der Waals surface area (Å²) in [5.41, 5.74) is -0.479. The maximum absolute atomic E-state index is 12.3. The molecule has 1 rings (SSSR count). The Hall–Kier alpha value is -0.0200. The fourth-order valence-corrected chi connectivity index (χ4v) is 4.29. The molecule has 0 aromatic carbocycles. The van der Waals surface area contributed by atoms with Gasteiger partial charge >= 0.3 is 0 Å². The smallest absolute Gasteiger partial charge is 0.251 e. The first-order valence-corrected chi connectivity index (χ1v) is 7.02. The van der Waals surface area contributed by atoms with Crippen molar-refractivity contribution >= 4 is 42.3 Å². The van der Waals surface area contributed by atoms with Crippen LogP contribution in [0.25, 0.3) is 0 Å². The van der Waals surface area contributed by atoms with Gasteiger partial charge in [0, 0.05) is 14.3 Å². The summed E-state index contributed by atoms with van der Waals surface area (Å²) in [5, 5.41) is 0. The van der Waals surface area contributed by atoms with Gasteiger partial charge in [0.05, 0.1) is 5.69 Å². The predicted octanol–water partition coefficient (Wildman–Crippen LogP) is 2.86. The molecule has 3 nitrogen and oxygen atoms in total. The Balaban J connectivity index is 3.48. The van der Waals surface area contributed by atoms with Crippen LogP contribution in [0.15, 0.2) is 11.0 Å². The van der Waals surface area contributed by atoms with Gasteiger partial charge in [0.15, 0.2) is 0 Å². The molecule has 0 aliphatic heterocycles. The van der Waals surface area contributed by atoms with Crippen molar-refractivity contribution in [2.45, 2.75) is 18.2 Å². The van der Waals surface area contributed by atoms with E-state index in [2.05, 4.69) is 4.98 Å². The van der Waals surface area contributed by atoms with Crippen molar-refractivity contribution in [2.24, 2.45) is 0 Å². The van der Waals surface area contributed by atoms with E-state index in [0.29, 0.717) is 0 Å². The highest BCUT2D eigenvalue weighted by molar-refractivity contribution is 14.1. The molecule has 0 radical (unpaired) electrons.